The van der Waals surface area contributed by atoms with Crippen molar-refractivity contribution < 1.29 is 4.79 Å². The summed E-state index contributed by atoms with van der Waals surface area (Å²) in [7, 11) is 0. The normalized spacial score (nSPS) is 19.0. The number of carbonyl (C=O) groups excluding carboxylic acids is 1. The summed E-state index contributed by atoms with van der Waals surface area (Å²) in [5, 5.41) is 0.322. The van der Waals surface area contributed by atoms with Gasteiger partial charge in [-0.3, -0.25) is 9.69 Å². The quantitative estimate of drug-likeness (QED) is 0.738. The van der Waals surface area contributed by atoms with Gasteiger partial charge in [-0.15, -0.1) is 0 Å². The van der Waals surface area contributed by atoms with Crippen LogP contribution in [0.4, 0.5) is 5.69 Å². The summed E-state index contributed by atoms with van der Waals surface area (Å²) >= 11 is 5.30. The van der Waals surface area contributed by atoms with E-state index in [1.165, 1.54) is 11.3 Å². The van der Waals surface area contributed by atoms with Crippen molar-refractivity contribution in [1.82, 2.24) is 4.90 Å². The molecule has 0 fully saturated rings. The highest BCUT2D eigenvalue weighted by Gasteiger charge is 2.34. The number of carbonyl (C=O) groups is 1. The fourth-order valence-electron chi connectivity index (χ4n) is 3.08. The molecule has 0 saturated heterocycles. The number of nitrogens with zero attached hydrogens (tertiary/aromatic N) is 4. The lowest BCUT2D eigenvalue weighted by Crippen LogP contribution is -2.46. The number of thiocarbonyl (C=S) groups is 1. The minimum atomic E-state index is -0.393. The second kappa shape index (κ2) is 7.70. The number of rotatable bonds is 6. The summed E-state index contributed by atoms with van der Waals surface area (Å²) in [6.45, 7) is 6.59. The molecule has 130 valence electrons. The fraction of sp³-hybridized carbons (Fsp3) is 0.368. The van der Waals surface area contributed by atoms with E-state index in [0.29, 0.717) is 17.5 Å². The summed E-state index contributed by atoms with van der Waals surface area (Å²) in [6, 6.07) is 8.47. The Morgan fingerprint density at radius 3 is 2.96 bits per heavy atom. The predicted molar refractivity (Wildman–Crippen MR) is 107 cm³/mol. The number of hydrogen-bond donors (Lipinski definition) is 0. The first-order valence-electron chi connectivity index (χ1n) is 8.56. The van der Waals surface area contributed by atoms with Crippen LogP contribution in [0.3, 0.4) is 0 Å². The Morgan fingerprint density at radius 2 is 2.20 bits per heavy atom. The Labute approximate surface area is 153 Å². The first-order valence-corrected chi connectivity index (χ1v) is 8.97. The zero-order chi connectivity index (χ0) is 17.8. The van der Waals surface area contributed by atoms with Gasteiger partial charge in [0, 0.05) is 31.5 Å². The van der Waals surface area contributed by atoms with Crippen LogP contribution in [0, 0.1) is 12.8 Å². The molecule has 5 nitrogen and oxygen atoms in total. The summed E-state index contributed by atoms with van der Waals surface area (Å²) in [5.74, 6) is 0.0844. The molecule has 1 amide bonds. The third-order valence-electron chi connectivity index (χ3n) is 4.41. The maximum absolute atomic E-state index is 12.6. The van der Waals surface area contributed by atoms with Crippen LogP contribution in [-0.4, -0.2) is 47.6 Å². The number of anilines is 1. The van der Waals surface area contributed by atoms with Crippen molar-refractivity contribution in [2.45, 2.75) is 20.3 Å². The molecule has 0 aromatic heterocycles. The Bertz CT molecular complexity index is 768. The molecule has 0 spiro atoms. The smallest absolute Gasteiger partial charge is 0.243 e. The molecule has 0 radical (unpaired) electrons. The number of aliphatic imine (C=N–C) groups is 2. The molecular formula is C19H22N4OS. The lowest BCUT2D eigenvalue weighted by molar-refractivity contribution is -0.128. The number of amidine groups is 1. The van der Waals surface area contributed by atoms with Gasteiger partial charge in [0.15, 0.2) is 0 Å². The Kier molecular flexibility index (Phi) is 5.38. The number of benzene rings is 1. The van der Waals surface area contributed by atoms with Crippen molar-refractivity contribution in [2.75, 3.05) is 24.5 Å². The maximum atomic E-state index is 12.6. The average molecular weight is 354 g/mol. The minimum absolute atomic E-state index is 0.0262. The third-order valence-corrected chi connectivity index (χ3v) is 4.72. The second-order valence-electron chi connectivity index (χ2n) is 6.16. The van der Waals surface area contributed by atoms with Crippen LogP contribution < -0.4 is 4.90 Å². The van der Waals surface area contributed by atoms with Crippen LogP contribution in [0.15, 0.2) is 46.4 Å². The van der Waals surface area contributed by atoms with Crippen molar-refractivity contribution in [2.24, 2.45) is 15.9 Å². The van der Waals surface area contributed by atoms with E-state index in [2.05, 4.69) is 53.0 Å². The molecule has 25 heavy (non-hydrogen) atoms. The monoisotopic (exact) mass is 354 g/mol. The fourth-order valence-corrected chi connectivity index (χ4v) is 3.35. The number of fused-ring (bicyclic) bond motifs is 1. The van der Waals surface area contributed by atoms with Gasteiger partial charge in [0.05, 0.1) is 0 Å². The van der Waals surface area contributed by atoms with Gasteiger partial charge in [0.1, 0.15) is 11.8 Å². The second-order valence-corrected chi connectivity index (χ2v) is 6.52. The van der Waals surface area contributed by atoms with Crippen LogP contribution in [0.5, 0.6) is 0 Å². The van der Waals surface area contributed by atoms with E-state index in [-0.39, 0.29) is 5.91 Å². The Hall–Kier alpha value is -2.34. The van der Waals surface area contributed by atoms with E-state index in [9.17, 15) is 4.79 Å². The molecule has 2 aliphatic heterocycles. The average Bonchev–Trinajstić information content (AvgIpc) is 2.61. The van der Waals surface area contributed by atoms with Gasteiger partial charge >= 0.3 is 0 Å². The molecule has 0 N–H and O–H groups in total. The molecule has 1 aromatic rings. The summed E-state index contributed by atoms with van der Waals surface area (Å²) in [6.07, 6.45) is 6.08. The lowest BCUT2D eigenvalue weighted by atomic mass is 10.0. The van der Waals surface area contributed by atoms with Crippen LogP contribution in [0.2, 0.25) is 0 Å². The van der Waals surface area contributed by atoms with Gasteiger partial charge in [0.25, 0.3) is 0 Å². The maximum Gasteiger partial charge on any atom is 0.243 e. The van der Waals surface area contributed by atoms with Crippen LogP contribution in [0.1, 0.15) is 18.9 Å². The van der Waals surface area contributed by atoms with Gasteiger partial charge < -0.3 is 4.90 Å². The van der Waals surface area contributed by atoms with E-state index in [0.717, 1.165) is 19.5 Å². The molecular weight excluding hydrogens is 332 g/mol. The van der Waals surface area contributed by atoms with Crippen molar-refractivity contribution in [1.29, 1.82) is 0 Å². The summed E-state index contributed by atoms with van der Waals surface area (Å²) in [5.41, 5.74) is 2.45. The molecule has 0 bridgehead atoms. The highest BCUT2D eigenvalue weighted by molar-refractivity contribution is 7.80. The van der Waals surface area contributed by atoms with Gasteiger partial charge in [0.2, 0.25) is 11.0 Å². The van der Waals surface area contributed by atoms with E-state index < -0.39 is 5.92 Å². The van der Waals surface area contributed by atoms with Crippen LogP contribution >= 0.6 is 12.2 Å². The van der Waals surface area contributed by atoms with Crippen molar-refractivity contribution in [3.63, 3.8) is 0 Å². The zero-order valence-corrected chi connectivity index (χ0v) is 15.4. The SMILES string of the molecule is CCN(CCCN1C(=O)C2C=CC=NC2=NC1=S)c1cccc(C)c1. The highest BCUT2D eigenvalue weighted by Crippen LogP contribution is 2.20. The minimum Gasteiger partial charge on any atom is -0.372 e. The predicted octanol–water partition coefficient (Wildman–Crippen LogP) is 2.99. The van der Waals surface area contributed by atoms with Gasteiger partial charge in [-0.25, -0.2) is 9.98 Å². The molecule has 1 aromatic carbocycles. The zero-order valence-electron chi connectivity index (χ0n) is 14.6. The Balaban J connectivity index is 1.62. The summed E-state index contributed by atoms with van der Waals surface area (Å²) in [4.78, 5) is 25.0. The van der Waals surface area contributed by atoms with Gasteiger partial charge in [-0.1, -0.05) is 18.2 Å². The van der Waals surface area contributed by atoms with Crippen molar-refractivity contribution >= 4 is 41.0 Å². The van der Waals surface area contributed by atoms with E-state index in [1.54, 1.807) is 17.2 Å². The molecule has 0 saturated carbocycles. The first kappa shape index (κ1) is 17.5. The van der Waals surface area contributed by atoms with E-state index in [1.807, 2.05) is 6.08 Å². The van der Waals surface area contributed by atoms with Crippen molar-refractivity contribution in [3.05, 3.63) is 42.0 Å². The molecule has 1 unspecified atom stereocenters. The molecule has 1 atom stereocenters. The van der Waals surface area contributed by atoms with Crippen LogP contribution in [-0.2, 0) is 4.79 Å². The van der Waals surface area contributed by atoms with Gasteiger partial charge in [-0.2, -0.15) is 0 Å². The summed E-state index contributed by atoms with van der Waals surface area (Å²) < 4.78 is 0. The Morgan fingerprint density at radius 1 is 1.36 bits per heavy atom. The van der Waals surface area contributed by atoms with E-state index >= 15 is 0 Å². The molecule has 2 heterocycles. The topological polar surface area (TPSA) is 48.3 Å². The van der Waals surface area contributed by atoms with Gasteiger partial charge in [-0.05, 0) is 56.3 Å². The van der Waals surface area contributed by atoms with E-state index in [4.69, 9.17) is 12.2 Å². The molecule has 0 aliphatic carbocycles. The largest absolute Gasteiger partial charge is 0.372 e. The molecule has 2 aliphatic rings. The number of aryl methyl sites for hydroxylation is 1. The number of amides is 1. The first-order chi connectivity index (χ1) is 12.1. The lowest BCUT2D eigenvalue weighted by Gasteiger charge is -2.30. The number of dihydropyridines is 1. The van der Waals surface area contributed by atoms with Crippen molar-refractivity contribution in [3.8, 4) is 0 Å². The molecule has 3 rings (SSSR count). The highest BCUT2D eigenvalue weighted by atomic mass is 32.1. The molecule has 6 heteroatoms. The van der Waals surface area contributed by atoms with Crippen LogP contribution in [0.25, 0.3) is 0 Å². The number of allylic oxidation sites excluding steroid dienone is 1. The number of hydrogen-bond acceptors (Lipinski definition) is 4. The standard InChI is InChI=1S/C19H22N4OS/c1-3-22(15-8-4-7-14(2)13-15)11-6-12-23-18(24)16-9-5-10-20-17(16)21-19(23)25/h4-5,7-10,13,16H,3,6,11-12H2,1-2H3. The third kappa shape index (κ3) is 3.85.